The number of carbonyl (C=O) groups excluding carboxylic acids is 2. The quantitative estimate of drug-likeness (QED) is 0.384. The first-order valence-corrected chi connectivity index (χ1v) is 12.1. The number of rotatable bonds is 8. The SMILES string of the molecule is Cc1cccc(C)c1NC(=O)CN(CC(=O)Nc1c(C)cccc1C)Cc1cc(=O)n2ccccc2n1. The molecule has 37 heavy (non-hydrogen) atoms. The Morgan fingerprint density at radius 3 is 1.81 bits per heavy atom. The molecule has 8 heteroatoms. The average molecular weight is 498 g/mol. The van der Waals surface area contributed by atoms with Crippen LogP contribution in [0.4, 0.5) is 11.4 Å². The molecule has 0 bridgehead atoms. The average Bonchev–Trinajstić information content (AvgIpc) is 2.84. The second kappa shape index (κ2) is 11.2. The van der Waals surface area contributed by atoms with Gasteiger partial charge in [-0.15, -0.1) is 0 Å². The van der Waals surface area contributed by atoms with E-state index < -0.39 is 0 Å². The van der Waals surface area contributed by atoms with Crippen LogP contribution in [0.1, 0.15) is 27.9 Å². The highest BCUT2D eigenvalue weighted by Gasteiger charge is 2.19. The summed E-state index contributed by atoms with van der Waals surface area (Å²) in [6, 6.07) is 18.4. The molecule has 2 amide bonds. The van der Waals surface area contributed by atoms with E-state index in [9.17, 15) is 14.4 Å². The van der Waals surface area contributed by atoms with Gasteiger partial charge in [0.25, 0.3) is 5.56 Å². The summed E-state index contributed by atoms with van der Waals surface area (Å²) >= 11 is 0. The van der Waals surface area contributed by atoms with Crippen molar-refractivity contribution in [2.24, 2.45) is 0 Å². The summed E-state index contributed by atoms with van der Waals surface area (Å²) in [4.78, 5) is 45.0. The number of anilines is 2. The molecule has 0 aliphatic rings. The van der Waals surface area contributed by atoms with E-state index in [1.807, 2.05) is 64.1 Å². The number of hydrogen-bond acceptors (Lipinski definition) is 5. The van der Waals surface area contributed by atoms with Gasteiger partial charge in [-0.3, -0.25) is 23.7 Å². The lowest BCUT2D eigenvalue weighted by Crippen LogP contribution is -2.39. The maximum atomic E-state index is 13.1. The molecular formula is C29H31N5O3. The Labute approximate surface area is 216 Å². The van der Waals surface area contributed by atoms with Crippen LogP contribution in [-0.2, 0) is 16.1 Å². The van der Waals surface area contributed by atoms with Crippen LogP contribution < -0.4 is 16.2 Å². The van der Waals surface area contributed by atoms with E-state index in [4.69, 9.17) is 0 Å². The van der Waals surface area contributed by atoms with Crippen LogP contribution in [0.15, 0.2) is 71.7 Å². The molecule has 0 spiro atoms. The zero-order chi connectivity index (χ0) is 26.5. The zero-order valence-corrected chi connectivity index (χ0v) is 21.5. The van der Waals surface area contributed by atoms with Gasteiger partial charge in [0, 0.05) is 30.2 Å². The van der Waals surface area contributed by atoms with Crippen molar-refractivity contribution in [1.82, 2.24) is 14.3 Å². The fourth-order valence-electron chi connectivity index (χ4n) is 4.37. The lowest BCUT2D eigenvalue weighted by Gasteiger charge is -2.22. The van der Waals surface area contributed by atoms with Crippen LogP contribution in [0.5, 0.6) is 0 Å². The summed E-state index contributed by atoms with van der Waals surface area (Å²) in [7, 11) is 0. The fraction of sp³-hybridized carbons (Fsp3) is 0.241. The summed E-state index contributed by atoms with van der Waals surface area (Å²) in [6.07, 6.45) is 1.65. The number of hydrogen-bond donors (Lipinski definition) is 2. The van der Waals surface area contributed by atoms with E-state index in [1.54, 1.807) is 29.3 Å². The number of pyridine rings is 1. The number of fused-ring (bicyclic) bond motifs is 1. The van der Waals surface area contributed by atoms with E-state index in [1.165, 1.54) is 10.5 Å². The highest BCUT2D eigenvalue weighted by atomic mass is 16.2. The van der Waals surface area contributed by atoms with Gasteiger partial charge in [0.2, 0.25) is 11.8 Å². The molecule has 0 saturated heterocycles. The summed E-state index contributed by atoms with van der Waals surface area (Å²) in [5, 5.41) is 5.96. The summed E-state index contributed by atoms with van der Waals surface area (Å²) in [5.41, 5.74) is 6.10. The largest absolute Gasteiger partial charge is 0.324 e. The van der Waals surface area contributed by atoms with E-state index >= 15 is 0 Å². The topological polar surface area (TPSA) is 95.8 Å². The van der Waals surface area contributed by atoms with E-state index in [2.05, 4.69) is 15.6 Å². The van der Waals surface area contributed by atoms with Crippen molar-refractivity contribution in [3.05, 3.63) is 105 Å². The first kappa shape index (κ1) is 25.8. The van der Waals surface area contributed by atoms with Gasteiger partial charge in [0.1, 0.15) is 5.65 Å². The third kappa shape index (κ3) is 6.29. The van der Waals surface area contributed by atoms with Crippen molar-refractivity contribution in [3.63, 3.8) is 0 Å². The van der Waals surface area contributed by atoms with Gasteiger partial charge in [-0.25, -0.2) is 4.98 Å². The van der Waals surface area contributed by atoms with Gasteiger partial charge < -0.3 is 10.6 Å². The third-order valence-corrected chi connectivity index (χ3v) is 6.24. The first-order valence-electron chi connectivity index (χ1n) is 12.1. The Balaban J connectivity index is 1.57. The monoisotopic (exact) mass is 497 g/mol. The normalized spacial score (nSPS) is 11.1. The summed E-state index contributed by atoms with van der Waals surface area (Å²) in [5.74, 6) is -0.510. The predicted molar refractivity (Wildman–Crippen MR) is 146 cm³/mol. The maximum Gasteiger partial charge on any atom is 0.258 e. The van der Waals surface area contributed by atoms with Crippen LogP contribution in [0.25, 0.3) is 5.65 Å². The second-order valence-electron chi connectivity index (χ2n) is 9.29. The van der Waals surface area contributed by atoms with Crippen LogP contribution in [0.3, 0.4) is 0 Å². The Hall–Kier alpha value is -4.30. The molecule has 0 unspecified atom stereocenters. The number of carbonyl (C=O) groups is 2. The molecule has 4 rings (SSSR count). The van der Waals surface area contributed by atoms with Gasteiger partial charge in [-0.2, -0.15) is 0 Å². The number of para-hydroxylation sites is 2. The molecule has 190 valence electrons. The van der Waals surface area contributed by atoms with Crippen LogP contribution in [0.2, 0.25) is 0 Å². The van der Waals surface area contributed by atoms with Gasteiger partial charge in [-0.1, -0.05) is 42.5 Å². The molecule has 4 aromatic rings. The van der Waals surface area contributed by atoms with E-state index in [0.29, 0.717) is 11.3 Å². The molecule has 2 aromatic heterocycles. The molecule has 2 heterocycles. The molecule has 0 atom stereocenters. The lowest BCUT2D eigenvalue weighted by molar-refractivity contribution is -0.120. The Bertz CT molecular complexity index is 1420. The molecule has 2 N–H and O–H groups in total. The number of amides is 2. The molecule has 8 nitrogen and oxygen atoms in total. The second-order valence-corrected chi connectivity index (χ2v) is 9.29. The van der Waals surface area contributed by atoms with Crippen molar-refractivity contribution in [2.45, 2.75) is 34.2 Å². The van der Waals surface area contributed by atoms with Gasteiger partial charge in [0.15, 0.2) is 0 Å². The number of benzene rings is 2. The first-order chi connectivity index (χ1) is 17.7. The number of aromatic nitrogens is 2. The Morgan fingerprint density at radius 1 is 0.784 bits per heavy atom. The minimum atomic E-state index is -0.255. The Kier molecular flexibility index (Phi) is 7.79. The molecule has 0 radical (unpaired) electrons. The zero-order valence-electron chi connectivity index (χ0n) is 21.5. The third-order valence-electron chi connectivity index (χ3n) is 6.24. The predicted octanol–water partition coefficient (Wildman–Crippen LogP) is 4.01. The molecule has 2 aromatic carbocycles. The molecule has 0 saturated carbocycles. The van der Waals surface area contributed by atoms with Crippen LogP contribution >= 0.6 is 0 Å². The number of nitrogens with one attached hydrogen (secondary N) is 2. The van der Waals surface area contributed by atoms with Crippen molar-refractivity contribution in [3.8, 4) is 0 Å². The maximum absolute atomic E-state index is 13.1. The smallest absolute Gasteiger partial charge is 0.258 e. The minimum absolute atomic E-state index is 0.0518. The molecule has 0 aliphatic carbocycles. The van der Waals surface area contributed by atoms with Crippen molar-refractivity contribution in [1.29, 1.82) is 0 Å². The molecule has 0 fully saturated rings. The number of aryl methyl sites for hydroxylation is 4. The van der Waals surface area contributed by atoms with Crippen molar-refractivity contribution >= 4 is 28.8 Å². The molecule has 0 aliphatic heterocycles. The molecular weight excluding hydrogens is 466 g/mol. The standard InChI is InChI=1S/C29H31N5O3/c1-19-9-7-10-20(2)28(19)31-25(35)17-33(18-26(36)32-29-21(3)11-8-12-22(29)4)16-23-15-27(37)34-14-6-5-13-24(34)30-23/h5-15H,16-18H2,1-4H3,(H,31,35)(H,32,36). The highest BCUT2D eigenvalue weighted by molar-refractivity contribution is 5.96. The van der Waals surface area contributed by atoms with E-state index in [0.717, 1.165) is 33.6 Å². The van der Waals surface area contributed by atoms with Crippen LogP contribution in [-0.4, -0.2) is 39.2 Å². The van der Waals surface area contributed by atoms with Crippen LogP contribution in [0, 0.1) is 27.7 Å². The van der Waals surface area contributed by atoms with Gasteiger partial charge in [-0.05, 0) is 62.1 Å². The van der Waals surface area contributed by atoms with E-state index in [-0.39, 0.29) is 37.0 Å². The van der Waals surface area contributed by atoms with Gasteiger partial charge in [0.05, 0.1) is 18.8 Å². The Morgan fingerprint density at radius 2 is 1.30 bits per heavy atom. The highest BCUT2D eigenvalue weighted by Crippen LogP contribution is 2.20. The van der Waals surface area contributed by atoms with Crippen molar-refractivity contribution < 1.29 is 9.59 Å². The fourth-order valence-corrected chi connectivity index (χ4v) is 4.37. The van der Waals surface area contributed by atoms with Crippen molar-refractivity contribution in [2.75, 3.05) is 23.7 Å². The minimum Gasteiger partial charge on any atom is -0.324 e. The number of nitrogens with zero attached hydrogens (tertiary/aromatic N) is 3. The summed E-state index contributed by atoms with van der Waals surface area (Å²) in [6.45, 7) is 7.79. The summed E-state index contributed by atoms with van der Waals surface area (Å²) < 4.78 is 1.45. The van der Waals surface area contributed by atoms with Gasteiger partial charge >= 0.3 is 0 Å². The lowest BCUT2D eigenvalue weighted by atomic mass is 10.1.